The molecule has 0 aliphatic heterocycles. The lowest BCUT2D eigenvalue weighted by Crippen LogP contribution is -2.06. The van der Waals surface area contributed by atoms with Gasteiger partial charge >= 0.3 is 0 Å². The van der Waals surface area contributed by atoms with Crippen molar-refractivity contribution in [1.29, 1.82) is 0 Å². The molecule has 0 aliphatic rings. The molecule has 12 aromatic rings. The predicted molar refractivity (Wildman–Crippen MR) is 246 cm³/mol. The molecule has 0 N–H and O–H groups in total. The zero-order valence-corrected chi connectivity index (χ0v) is 31.9. The molecule has 2 heterocycles. The Hall–Kier alpha value is -7.95. The van der Waals surface area contributed by atoms with Gasteiger partial charge in [0.25, 0.3) is 0 Å². The first kappa shape index (κ1) is 33.2. The Kier molecular flexibility index (Phi) is 7.50. The third kappa shape index (κ3) is 5.42. The second-order valence-corrected chi connectivity index (χ2v) is 15.2. The third-order valence-electron chi connectivity index (χ3n) is 11.8. The van der Waals surface area contributed by atoms with Crippen molar-refractivity contribution in [2.45, 2.75) is 0 Å². The molecule has 10 aromatic carbocycles. The van der Waals surface area contributed by atoms with Gasteiger partial charge < -0.3 is 0 Å². The van der Waals surface area contributed by atoms with E-state index >= 15 is 0 Å². The first-order chi connectivity index (χ1) is 29.2. The van der Waals surface area contributed by atoms with Crippen molar-refractivity contribution in [3.05, 3.63) is 206 Å². The Morgan fingerprint density at radius 3 is 1.47 bits per heavy atom. The highest BCUT2D eigenvalue weighted by Gasteiger charge is 2.21. The molecular formula is C55H34N4. The van der Waals surface area contributed by atoms with Gasteiger partial charge in [0.15, 0.2) is 11.6 Å². The molecule has 0 bridgehead atoms. The van der Waals surface area contributed by atoms with Gasteiger partial charge in [-0.15, -0.1) is 0 Å². The van der Waals surface area contributed by atoms with Gasteiger partial charge in [0.2, 0.25) is 5.95 Å². The normalized spacial score (nSPS) is 11.7. The van der Waals surface area contributed by atoms with E-state index in [0.717, 1.165) is 38.5 Å². The van der Waals surface area contributed by atoms with Gasteiger partial charge in [-0.25, -0.2) is 4.98 Å². The van der Waals surface area contributed by atoms with Crippen LogP contribution in [-0.2, 0) is 0 Å². The van der Waals surface area contributed by atoms with E-state index in [1.165, 1.54) is 59.8 Å². The highest BCUT2D eigenvalue weighted by molar-refractivity contribution is 6.29. The van der Waals surface area contributed by atoms with E-state index < -0.39 is 0 Å². The maximum Gasteiger partial charge on any atom is 0.238 e. The van der Waals surface area contributed by atoms with Crippen molar-refractivity contribution < 1.29 is 0 Å². The van der Waals surface area contributed by atoms with Gasteiger partial charge in [0, 0.05) is 21.9 Å². The number of nitrogens with zero attached hydrogens (tertiary/aromatic N) is 4. The minimum absolute atomic E-state index is 0.577. The summed E-state index contributed by atoms with van der Waals surface area (Å²) in [5.41, 5.74) is 8.71. The van der Waals surface area contributed by atoms with E-state index in [1.807, 2.05) is 36.4 Å². The highest BCUT2D eigenvalue weighted by Crippen LogP contribution is 2.43. The Bertz CT molecular complexity index is 3530. The van der Waals surface area contributed by atoms with E-state index in [9.17, 15) is 0 Å². The molecule has 0 fully saturated rings. The Morgan fingerprint density at radius 1 is 0.271 bits per heavy atom. The SMILES string of the molecule is c1ccc(-c2ccc3c(c2)c2cc4c5ccccc5c5cc(-c6cccc7ccccc67)ccc5c4cc2n3-c2nc(-c3ccccc3)nc(-c3ccccc3)n2)cc1. The predicted octanol–water partition coefficient (Wildman–Crippen LogP) is 14.2. The first-order valence-electron chi connectivity index (χ1n) is 20.0. The third-order valence-corrected chi connectivity index (χ3v) is 11.8. The Balaban J connectivity index is 1.19. The molecule has 59 heavy (non-hydrogen) atoms. The molecule has 0 unspecified atom stereocenters. The Labute approximate surface area is 340 Å². The smallest absolute Gasteiger partial charge is 0.238 e. The molecule has 274 valence electrons. The molecule has 0 aliphatic carbocycles. The van der Waals surface area contributed by atoms with Crippen LogP contribution in [0.15, 0.2) is 206 Å². The summed E-state index contributed by atoms with van der Waals surface area (Å²) in [6.45, 7) is 0. The lowest BCUT2D eigenvalue weighted by molar-refractivity contribution is 0.954. The molecule has 0 spiro atoms. The number of rotatable bonds is 5. The van der Waals surface area contributed by atoms with Crippen LogP contribution in [0.3, 0.4) is 0 Å². The standard InChI is InChI=1S/C55H34N4/c1-4-15-35(16-5-1)39-28-30-51-49(31-39)50-33-47-44-25-13-12-24-43(44)46-32-40(42-26-14-22-36-17-10-11-23-41(36)42)27-29-45(46)48(47)34-52(50)59(51)55-57-53(37-18-6-2-7-19-37)56-54(58-55)38-20-8-3-9-21-38/h1-34H. The topological polar surface area (TPSA) is 43.6 Å². The second kappa shape index (κ2) is 13.3. The molecule has 4 heteroatoms. The van der Waals surface area contributed by atoms with Crippen LogP contribution in [0, 0.1) is 0 Å². The van der Waals surface area contributed by atoms with Gasteiger partial charge in [-0.05, 0) is 95.7 Å². The highest BCUT2D eigenvalue weighted by atomic mass is 15.2. The molecule has 0 saturated carbocycles. The summed E-state index contributed by atoms with van der Waals surface area (Å²) in [6, 6.07) is 73.6. The van der Waals surface area contributed by atoms with Crippen molar-refractivity contribution in [1.82, 2.24) is 19.5 Å². The fourth-order valence-electron chi connectivity index (χ4n) is 9.03. The molecular weight excluding hydrogens is 717 g/mol. The molecule has 0 radical (unpaired) electrons. The van der Waals surface area contributed by atoms with Gasteiger partial charge in [0.1, 0.15) is 0 Å². The Morgan fingerprint density at radius 2 is 0.780 bits per heavy atom. The maximum absolute atomic E-state index is 5.26. The number of hydrogen-bond acceptors (Lipinski definition) is 3. The van der Waals surface area contributed by atoms with Gasteiger partial charge in [0.05, 0.1) is 11.0 Å². The molecule has 12 rings (SSSR count). The summed E-state index contributed by atoms with van der Waals surface area (Å²) >= 11 is 0. The van der Waals surface area contributed by atoms with E-state index in [4.69, 9.17) is 15.0 Å². The van der Waals surface area contributed by atoms with Crippen molar-refractivity contribution in [3.63, 3.8) is 0 Å². The van der Waals surface area contributed by atoms with Crippen molar-refractivity contribution >= 4 is 64.9 Å². The van der Waals surface area contributed by atoms with Crippen LogP contribution in [0.1, 0.15) is 0 Å². The van der Waals surface area contributed by atoms with Crippen molar-refractivity contribution in [2.24, 2.45) is 0 Å². The summed E-state index contributed by atoms with van der Waals surface area (Å²) in [5, 5.41) is 12.1. The summed E-state index contributed by atoms with van der Waals surface area (Å²) in [5.74, 6) is 1.83. The lowest BCUT2D eigenvalue weighted by atomic mass is 9.90. The molecule has 0 saturated heterocycles. The monoisotopic (exact) mass is 750 g/mol. The molecule has 2 aromatic heterocycles. The summed E-state index contributed by atoms with van der Waals surface area (Å²) in [7, 11) is 0. The zero-order chi connectivity index (χ0) is 38.9. The largest absolute Gasteiger partial charge is 0.278 e. The first-order valence-corrected chi connectivity index (χ1v) is 20.0. The fraction of sp³-hybridized carbons (Fsp3) is 0. The molecule has 0 amide bonds. The van der Waals surface area contributed by atoms with Crippen LogP contribution in [0.4, 0.5) is 0 Å². The van der Waals surface area contributed by atoms with Gasteiger partial charge in [-0.3, -0.25) is 4.57 Å². The minimum Gasteiger partial charge on any atom is -0.278 e. The van der Waals surface area contributed by atoms with Crippen molar-refractivity contribution in [3.8, 4) is 51.0 Å². The van der Waals surface area contributed by atoms with E-state index in [2.05, 4.69) is 174 Å². The molecule has 0 atom stereocenters. The maximum atomic E-state index is 5.26. The average molecular weight is 751 g/mol. The van der Waals surface area contributed by atoms with Crippen LogP contribution in [0.2, 0.25) is 0 Å². The number of fused-ring (bicyclic) bond motifs is 10. The number of hydrogen-bond donors (Lipinski definition) is 0. The van der Waals surface area contributed by atoms with Crippen LogP contribution in [-0.4, -0.2) is 19.5 Å². The minimum atomic E-state index is 0.577. The summed E-state index contributed by atoms with van der Waals surface area (Å²) in [4.78, 5) is 15.6. The average Bonchev–Trinajstić information content (AvgIpc) is 3.64. The molecule has 4 nitrogen and oxygen atoms in total. The van der Waals surface area contributed by atoms with Crippen LogP contribution < -0.4 is 0 Å². The van der Waals surface area contributed by atoms with Crippen LogP contribution in [0.5, 0.6) is 0 Å². The summed E-state index contributed by atoms with van der Waals surface area (Å²) in [6.07, 6.45) is 0. The van der Waals surface area contributed by atoms with Crippen LogP contribution in [0.25, 0.3) is 116 Å². The van der Waals surface area contributed by atoms with Crippen LogP contribution >= 0.6 is 0 Å². The summed E-state index contributed by atoms with van der Waals surface area (Å²) < 4.78 is 2.24. The van der Waals surface area contributed by atoms with Gasteiger partial charge in [-0.1, -0.05) is 176 Å². The second-order valence-electron chi connectivity index (χ2n) is 15.2. The number of aromatic nitrogens is 4. The van der Waals surface area contributed by atoms with Crippen molar-refractivity contribution in [2.75, 3.05) is 0 Å². The van der Waals surface area contributed by atoms with E-state index in [0.29, 0.717) is 17.6 Å². The quantitative estimate of drug-likeness (QED) is 0.165. The fourth-order valence-corrected chi connectivity index (χ4v) is 9.03. The van der Waals surface area contributed by atoms with Gasteiger partial charge in [-0.2, -0.15) is 9.97 Å². The lowest BCUT2D eigenvalue weighted by Gasteiger charge is -2.14. The van der Waals surface area contributed by atoms with E-state index in [-0.39, 0.29) is 0 Å². The zero-order valence-electron chi connectivity index (χ0n) is 31.9. The van der Waals surface area contributed by atoms with E-state index in [1.54, 1.807) is 0 Å². The number of benzene rings is 10.